The molecule has 2 rings (SSSR count). The van der Waals surface area contributed by atoms with Gasteiger partial charge in [-0.2, -0.15) is 0 Å². The molecule has 0 aromatic carbocycles. The second kappa shape index (κ2) is 6.56. The molecule has 18 heavy (non-hydrogen) atoms. The summed E-state index contributed by atoms with van der Waals surface area (Å²) in [6.07, 6.45) is 4.17. The van der Waals surface area contributed by atoms with E-state index in [4.69, 9.17) is 0 Å². The van der Waals surface area contributed by atoms with Crippen LogP contribution in [0, 0.1) is 0 Å². The number of likely N-dealkylation sites (N-methyl/N-ethyl adjacent to an activating group) is 1. The molecule has 100 valence electrons. The number of H-pyrrole nitrogens is 1. The highest BCUT2D eigenvalue weighted by molar-refractivity contribution is 5.77. The third-order valence-corrected chi connectivity index (χ3v) is 3.48. The Morgan fingerprint density at radius 2 is 2.28 bits per heavy atom. The molecular weight excluding hydrogens is 228 g/mol. The Morgan fingerprint density at radius 1 is 1.50 bits per heavy atom. The van der Waals surface area contributed by atoms with Gasteiger partial charge in [0.15, 0.2) is 0 Å². The molecule has 1 fully saturated rings. The number of nitrogens with zero attached hydrogens (tertiary/aromatic N) is 1. The van der Waals surface area contributed by atoms with Crippen molar-refractivity contribution in [3.05, 3.63) is 24.0 Å². The van der Waals surface area contributed by atoms with Crippen LogP contribution in [0.25, 0.3) is 0 Å². The van der Waals surface area contributed by atoms with Crippen LogP contribution < -0.4 is 10.6 Å². The maximum atomic E-state index is 11.3. The van der Waals surface area contributed by atoms with Crippen LogP contribution in [0.1, 0.15) is 18.5 Å². The molecule has 3 N–H and O–H groups in total. The molecule has 5 nitrogen and oxygen atoms in total. The Morgan fingerprint density at radius 3 is 2.89 bits per heavy atom. The van der Waals surface area contributed by atoms with Crippen molar-refractivity contribution >= 4 is 5.91 Å². The molecule has 1 amide bonds. The number of rotatable bonds is 5. The number of nitrogens with one attached hydrogen (secondary N) is 3. The van der Waals surface area contributed by atoms with Gasteiger partial charge in [-0.05, 0) is 25.0 Å². The lowest BCUT2D eigenvalue weighted by atomic mass is 10.0. The minimum Gasteiger partial charge on any atom is -0.364 e. The van der Waals surface area contributed by atoms with Crippen molar-refractivity contribution < 1.29 is 4.79 Å². The summed E-state index contributed by atoms with van der Waals surface area (Å²) in [6.45, 7) is 3.42. The fourth-order valence-electron chi connectivity index (χ4n) is 2.31. The number of aromatic nitrogens is 1. The first-order valence-corrected chi connectivity index (χ1v) is 6.56. The number of likely N-dealkylation sites (tertiary alicyclic amines) is 1. The predicted octanol–water partition coefficient (Wildman–Crippen LogP) is 0.315. The zero-order valence-corrected chi connectivity index (χ0v) is 10.9. The van der Waals surface area contributed by atoms with Gasteiger partial charge in [0.2, 0.25) is 5.91 Å². The number of aromatic amines is 1. The summed E-state index contributed by atoms with van der Waals surface area (Å²) in [5.41, 5.74) is 1.22. The van der Waals surface area contributed by atoms with Crippen LogP contribution in [0.5, 0.6) is 0 Å². The van der Waals surface area contributed by atoms with Gasteiger partial charge < -0.3 is 15.6 Å². The monoisotopic (exact) mass is 250 g/mol. The molecule has 1 aliphatic heterocycles. The van der Waals surface area contributed by atoms with Gasteiger partial charge in [-0.25, -0.2) is 0 Å². The first kappa shape index (κ1) is 13.1. The summed E-state index contributed by atoms with van der Waals surface area (Å²) in [6, 6.07) is 4.67. The summed E-state index contributed by atoms with van der Waals surface area (Å²) >= 11 is 0. The van der Waals surface area contributed by atoms with E-state index in [9.17, 15) is 4.79 Å². The van der Waals surface area contributed by atoms with Crippen molar-refractivity contribution in [1.29, 1.82) is 0 Å². The Bertz CT molecular complexity index is 355. The molecule has 5 heteroatoms. The van der Waals surface area contributed by atoms with Gasteiger partial charge in [-0.3, -0.25) is 9.69 Å². The minimum atomic E-state index is 0.104. The van der Waals surface area contributed by atoms with Gasteiger partial charge in [-0.1, -0.05) is 0 Å². The van der Waals surface area contributed by atoms with E-state index in [1.54, 1.807) is 7.05 Å². The number of hydrogen-bond donors (Lipinski definition) is 3. The average molecular weight is 250 g/mol. The molecule has 0 radical (unpaired) electrons. The molecule has 1 saturated heterocycles. The van der Waals surface area contributed by atoms with Crippen molar-refractivity contribution in [2.45, 2.75) is 25.4 Å². The van der Waals surface area contributed by atoms with E-state index in [-0.39, 0.29) is 5.91 Å². The zero-order valence-electron chi connectivity index (χ0n) is 10.9. The van der Waals surface area contributed by atoms with Gasteiger partial charge in [0.25, 0.3) is 0 Å². The molecule has 1 aromatic rings. The highest BCUT2D eigenvalue weighted by atomic mass is 16.1. The fourth-order valence-corrected chi connectivity index (χ4v) is 2.31. The maximum Gasteiger partial charge on any atom is 0.233 e. The molecule has 0 saturated carbocycles. The quantitative estimate of drug-likeness (QED) is 0.705. The van der Waals surface area contributed by atoms with Crippen LogP contribution in [0.4, 0.5) is 0 Å². The molecule has 0 atom stereocenters. The normalized spacial score (nSPS) is 17.8. The van der Waals surface area contributed by atoms with Gasteiger partial charge in [0, 0.05) is 44.6 Å². The van der Waals surface area contributed by atoms with Crippen molar-refractivity contribution in [2.24, 2.45) is 0 Å². The first-order chi connectivity index (χ1) is 8.78. The summed E-state index contributed by atoms with van der Waals surface area (Å²) in [5.74, 6) is 0.104. The molecule has 0 bridgehead atoms. The number of carbonyl (C=O) groups excluding carboxylic acids is 1. The topological polar surface area (TPSA) is 60.2 Å². The molecule has 1 aliphatic rings. The summed E-state index contributed by atoms with van der Waals surface area (Å²) in [5, 5.41) is 6.22. The zero-order chi connectivity index (χ0) is 12.8. The number of amides is 1. The summed E-state index contributed by atoms with van der Waals surface area (Å²) in [4.78, 5) is 16.7. The SMILES string of the molecule is CNC(=O)CN1CCC(NCc2ccc[nH]2)CC1. The molecule has 0 spiro atoms. The van der Waals surface area contributed by atoms with E-state index in [2.05, 4.69) is 26.6 Å². The first-order valence-electron chi connectivity index (χ1n) is 6.56. The van der Waals surface area contributed by atoms with Crippen molar-refractivity contribution in [1.82, 2.24) is 20.5 Å². The number of hydrogen-bond acceptors (Lipinski definition) is 3. The highest BCUT2D eigenvalue weighted by Crippen LogP contribution is 2.10. The predicted molar refractivity (Wildman–Crippen MR) is 71.2 cm³/mol. The Kier molecular flexibility index (Phi) is 4.78. The number of piperidine rings is 1. The van der Waals surface area contributed by atoms with Crippen LogP contribution in [-0.4, -0.2) is 48.5 Å². The summed E-state index contributed by atoms with van der Waals surface area (Å²) in [7, 11) is 1.69. The van der Waals surface area contributed by atoms with Gasteiger partial charge >= 0.3 is 0 Å². The van der Waals surface area contributed by atoms with E-state index in [0.29, 0.717) is 12.6 Å². The van der Waals surface area contributed by atoms with E-state index < -0.39 is 0 Å². The van der Waals surface area contributed by atoms with E-state index in [0.717, 1.165) is 32.5 Å². The molecule has 0 unspecified atom stereocenters. The van der Waals surface area contributed by atoms with E-state index in [1.807, 2.05) is 12.3 Å². The molecule has 1 aromatic heterocycles. The number of carbonyl (C=O) groups is 1. The maximum absolute atomic E-state index is 11.3. The standard InChI is InChI=1S/C13H22N4O/c1-14-13(18)10-17-7-4-11(5-8-17)16-9-12-3-2-6-15-12/h2-3,6,11,15-16H,4-5,7-10H2,1H3,(H,14,18). The smallest absolute Gasteiger partial charge is 0.233 e. The van der Waals surface area contributed by atoms with Gasteiger partial charge in [-0.15, -0.1) is 0 Å². The minimum absolute atomic E-state index is 0.104. The van der Waals surface area contributed by atoms with Crippen LogP contribution in [0.15, 0.2) is 18.3 Å². The molecule has 0 aliphatic carbocycles. The van der Waals surface area contributed by atoms with Crippen LogP contribution in [0.3, 0.4) is 0 Å². The largest absolute Gasteiger partial charge is 0.364 e. The summed E-state index contributed by atoms with van der Waals surface area (Å²) < 4.78 is 0. The fraction of sp³-hybridized carbons (Fsp3) is 0.615. The van der Waals surface area contributed by atoms with Crippen molar-refractivity contribution in [2.75, 3.05) is 26.7 Å². The second-order valence-electron chi connectivity index (χ2n) is 4.80. The molecule has 2 heterocycles. The Balaban J connectivity index is 1.65. The highest BCUT2D eigenvalue weighted by Gasteiger charge is 2.19. The average Bonchev–Trinajstić information content (AvgIpc) is 2.91. The lowest BCUT2D eigenvalue weighted by Gasteiger charge is -2.31. The third-order valence-electron chi connectivity index (χ3n) is 3.48. The van der Waals surface area contributed by atoms with E-state index >= 15 is 0 Å². The Labute approximate surface area is 108 Å². The lowest BCUT2D eigenvalue weighted by molar-refractivity contribution is -0.122. The van der Waals surface area contributed by atoms with Crippen LogP contribution >= 0.6 is 0 Å². The van der Waals surface area contributed by atoms with Gasteiger partial charge in [0.05, 0.1) is 6.54 Å². The van der Waals surface area contributed by atoms with Gasteiger partial charge in [0.1, 0.15) is 0 Å². The second-order valence-corrected chi connectivity index (χ2v) is 4.80. The lowest BCUT2D eigenvalue weighted by Crippen LogP contribution is -2.45. The van der Waals surface area contributed by atoms with Crippen molar-refractivity contribution in [3.8, 4) is 0 Å². The van der Waals surface area contributed by atoms with Crippen LogP contribution in [0.2, 0.25) is 0 Å². The van der Waals surface area contributed by atoms with Crippen molar-refractivity contribution in [3.63, 3.8) is 0 Å². The molecular formula is C13H22N4O. The van der Waals surface area contributed by atoms with E-state index in [1.165, 1.54) is 5.69 Å². The Hall–Kier alpha value is -1.33. The third kappa shape index (κ3) is 3.85. The van der Waals surface area contributed by atoms with Crippen LogP contribution in [-0.2, 0) is 11.3 Å².